The maximum atomic E-state index is 0. The van der Waals surface area contributed by atoms with Gasteiger partial charge in [0.2, 0.25) is 0 Å². The first kappa shape index (κ1) is 48.4. The van der Waals surface area contributed by atoms with E-state index in [1.54, 1.807) is 0 Å². The van der Waals surface area contributed by atoms with E-state index in [-0.39, 0.29) is 88.6 Å². The molecule has 0 aromatic carbocycles. The molecule has 0 nitrogen and oxygen atoms in total. The molecule has 0 N–H and O–H groups in total. The topological polar surface area (TPSA) is 0 Å². The predicted molar refractivity (Wildman–Crippen MR) is 22.1 cm³/mol. The Hall–Kier alpha value is 2.63. The predicted octanol–water partition coefficient (Wildman–Crippen LogP) is -3.01. The van der Waals surface area contributed by atoms with E-state index in [1.165, 1.54) is 0 Å². The summed E-state index contributed by atoms with van der Waals surface area (Å²) in [6.07, 6.45) is 0. The van der Waals surface area contributed by atoms with Crippen molar-refractivity contribution in [2.45, 2.75) is 0 Å². The molecule has 5 heavy (non-hydrogen) atoms. The summed E-state index contributed by atoms with van der Waals surface area (Å²) in [5.74, 6) is 0. The Morgan fingerprint density at radius 2 is 0.600 bits per heavy atom. The van der Waals surface area contributed by atoms with Crippen LogP contribution in [0.3, 0.4) is 0 Å². The zero-order chi connectivity index (χ0) is 0. The second kappa shape index (κ2) is 30.3. The van der Waals surface area contributed by atoms with Crippen LogP contribution in [-0.4, -0.2) is 0 Å². The van der Waals surface area contributed by atoms with Crippen LogP contribution in [-0.2, 0) is 59.0 Å². The van der Waals surface area contributed by atoms with Crippen LogP contribution in [0.15, 0.2) is 0 Å². The van der Waals surface area contributed by atoms with Crippen LogP contribution in [0.25, 0.3) is 0 Å². The molecule has 0 aliphatic rings. The Morgan fingerprint density at radius 3 is 0.600 bits per heavy atom. The van der Waals surface area contributed by atoms with E-state index in [9.17, 15) is 0 Å². The third-order valence-corrected chi connectivity index (χ3v) is 0. The molecule has 0 unspecified atom stereocenters. The Kier molecular flexibility index (Phi) is 294. The van der Waals surface area contributed by atoms with Gasteiger partial charge in [-0.2, -0.15) is 0 Å². The number of hydrogen-bond acceptors (Lipinski definition) is 0. The molecule has 0 saturated carbocycles. The summed E-state index contributed by atoms with van der Waals surface area (Å²) in [6.45, 7) is 0. The molecule has 0 heterocycles. The molecule has 0 aliphatic carbocycles. The maximum Gasteiger partial charge on any atom is 5.00 e. The molecular formula is NaS3V. The van der Waals surface area contributed by atoms with Gasteiger partial charge >= 0.3 is 48.1 Å². The van der Waals surface area contributed by atoms with Crippen molar-refractivity contribution in [3.63, 3.8) is 0 Å². The van der Waals surface area contributed by atoms with Gasteiger partial charge in [-0.05, 0) is 0 Å². The molecule has 0 aliphatic heterocycles. The summed E-state index contributed by atoms with van der Waals surface area (Å²) in [5.41, 5.74) is 0. The van der Waals surface area contributed by atoms with Crippen molar-refractivity contribution in [1.82, 2.24) is 0 Å². The van der Waals surface area contributed by atoms with Gasteiger partial charge in [0.1, 0.15) is 0 Å². The summed E-state index contributed by atoms with van der Waals surface area (Å²) < 4.78 is 0. The molecule has 24 valence electrons. The van der Waals surface area contributed by atoms with Crippen LogP contribution in [0.4, 0.5) is 0 Å². The Balaban J connectivity index is 0. The van der Waals surface area contributed by atoms with Gasteiger partial charge in [0.25, 0.3) is 0 Å². The summed E-state index contributed by atoms with van der Waals surface area (Å²) in [6, 6.07) is 0. The summed E-state index contributed by atoms with van der Waals surface area (Å²) in [7, 11) is 0. The van der Waals surface area contributed by atoms with Crippen molar-refractivity contribution in [1.29, 1.82) is 0 Å². The van der Waals surface area contributed by atoms with Crippen LogP contribution in [0.5, 0.6) is 0 Å². The van der Waals surface area contributed by atoms with E-state index in [2.05, 4.69) is 0 Å². The Morgan fingerprint density at radius 1 is 0.600 bits per heavy atom. The molecule has 5 heteroatoms. The second-order valence-electron chi connectivity index (χ2n) is 0. The monoisotopic (exact) mass is 170 g/mol. The van der Waals surface area contributed by atoms with Crippen molar-refractivity contribution >= 4 is 40.5 Å². The third kappa shape index (κ3) is 20.5. The zero-order valence-corrected chi connectivity index (χ0v) is 8.52. The molecule has 0 fully saturated rings. The number of hydrogen-bond donors (Lipinski definition) is 0. The van der Waals surface area contributed by atoms with E-state index in [4.69, 9.17) is 0 Å². The van der Waals surface area contributed by atoms with Crippen LogP contribution in [0, 0.1) is 0 Å². The third-order valence-electron chi connectivity index (χ3n) is 0. The quantitative estimate of drug-likeness (QED) is 0.340. The van der Waals surface area contributed by atoms with Crippen LogP contribution >= 0.6 is 0 Å². The van der Waals surface area contributed by atoms with E-state index in [0.29, 0.717) is 0 Å². The minimum Gasteiger partial charge on any atom is -2.00 e. The van der Waals surface area contributed by atoms with E-state index in [1.807, 2.05) is 0 Å². The largest absolute Gasteiger partial charge is 5.00 e. The van der Waals surface area contributed by atoms with Crippen molar-refractivity contribution in [3.8, 4) is 0 Å². The normalized spacial score (nSPS) is 0. The molecule has 0 aromatic rings. The molecule has 0 rings (SSSR count). The average molecular weight is 170 g/mol. The second-order valence-corrected chi connectivity index (χ2v) is 0. The molecule has 0 amide bonds. The fourth-order valence-electron chi connectivity index (χ4n) is 0. The van der Waals surface area contributed by atoms with Crippen molar-refractivity contribution < 1.29 is 48.1 Å². The molecule has 0 aromatic heterocycles. The summed E-state index contributed by atoms with van der Waals surface area (Å²) >= 11 is 0. The molecule has 0 bridgehead atoms. The first-order chi connectivity index (χ1) is 0. The van der Waals surface area contributed by atoms with Gasteiger partial charge < -0.3 is 40.5 Å². The van der Waals surface area contributed by atoms with Gasteiger partial charge in [-0.1, -0.05) is 0 Å². The summed E-state index contributed by atoms with van der Waals surface area (Å²) in [5, 5.41) is 0. The summed E-state index contributed by atoms with van der Waals surface area (Å²) in [4.78, 5) is 0. The smallest absolute Gasteiger partial charge is 2.00 e. The Labute approximate surface area is 87.4 Å². The fourth-order valence-corrected chi connectivity index (χ4v) is 0. The molecule has 0 radical (unpaired) electrons. The van der Waals surface area contributed by atoms with Crippen molar-refractivity contribution in [3.05, 3.63) is 0 Å². The van der Waals surface area contributed by atoms with E-state index < -0.39 is 0 Å². The minimum absolute atomic E-state index is 0. The first-order valence-corrected chi connectivity index (χ1v) is 0. The van der Waals surface area contributed by atoms with Gasteiger partial charge in [0.05, 0.1) is 0 Å². The SMILES string of the molecule is [Na+].[S-2].[S-2].[S-2].[V+5]. The van der Waals surface area contributed by atoms with Crippen molar-refractivity contribution in [2.24, 2.45) is 0 Å². The molecule has 0 atom stereocenters. The molecule has 0 spiro atoms. The fraction of sp³-hybridized carbons (Fsp3) is 0. The van der Waals surface area contributed by atoms with Gasteiger partial charge in [0, 0.05) is 0 Å². The average Bonchev–Trinajstić information content (AvgIpc) is 0. The molecular weight excluding hydrogens is 170 g/mol. The van der Waals surface area contributed by atoms with Gasteiger partial charge in [0.15, 0.2) is 0 Å². The van der Waals surface area contributed by atoms with Crippen LogP contribution in [0.1, 0.15) is 0 Å². The van der Waals surface area contributed by atoms with Crippen LogP contribution < -0.4 is 29.6 Å². The van der Waals surface area contributed by atoms with Gasteiger partial charge in [-0.15, -0.1) is 0 Å². The van der Waals surface area contributed by atoms with Crippen molar-refractivity contribution in [2.75, 3.05) is 0 Å². The standard InChI is InChI=1S/Na.3S.V/q+1;3*-2;+5. The first-order valence-electron chi connectivity index (χ1n) is 0. The Bertz CT molecular complexity index is 6.85. The number of rotatable bonds is 0. The van der Waals surface area contributed by atoms with E-state index in [0.717, 1.165) is 0 Å². The minimum atomic E-state index is 0. The van der Waals surface area contributed by atoms with Gasteiger partial charge in [-0.3, -0.25) is 0 Å². The van der Waals surface area contributed by atoms with E-state index >= 15 is 0 Å². The van der Waals surface area contributed by atoms with Crippen LogP contribution in [0.2, 0.25) is 0 Å². The maximum absolute atomic E-state index is 0. The van der Waals surface area contributed by atoms with Gasteiger partial charge in [-0.25, -0.2) is 0 Å². The zero-order valence-electron chi connectivity index (χ0n) is 2.67. The molecule has 0 saturated heterocycles.